The van der Waals surface area contributed by atoms with Crippen molar-refractivity contribution in [1.82, 2.24) is 10.6 Å². The van der Waals surface area contributed by atoms with Gasteiger partial charge in [-0.05, 0) is 20.3 Å². The molecule has 0 aliphatic heterocycles. The van der Waals surface area contributed by atoms with Gasteiger partial charge in [0, 0.05) is 36.6 Å². The minimum atomic E-state index is -0.375. The third kappa shape index (κ3) is 9.70. The van der Waals surface area contributed by atoms with E-state index in [1.54, 1.807) is 13.8 Å². The van der Waals surface area contributed by atoms with Gasteiger partial charge in [0.2, 0.25) is 0 Å². The number of hydrogen-bond donors (Lipinski definition) is 2. The molecule has 19 heavy (non-hydrogen) atoms. The Morgan fingerprint density at radius 1 is 0.895 bits per heavy atom. The quantitative estimate of drug-likeness (QED) is 0.384. The number of methoxy groups -OCH3 is 2. The van der Waals surface area contributed by atoms with E-state index < -0.39 is 0 Å². The molecule has 0 spiro atoms. The van der Waals surface area contributed by atoms with Crippen LogP contribution in [0.1, 0.15) is 20.3 Å². The Hall–Kier alpha value is -1.98. The average Bonchev–Trinajstić information content (AvgIpc) is 2.37. The van der Waals surface area contributed by atoms with Crippen molar-refractivity contribution in [3.8, 4) is 0 Å². The summed E-state index contributed by atoms with van der Waals surface area (Å²) in [5.74, 6) is -0.750. The maximum atomic E-state index is 10.9. The lowest BCUT2D eigenvalue weighted by Crippen LogP contribution is -2.21. The van der Waals surface area contributed by atoms with Crippen LogP contribution < -0.4 is 10.6 Å². The molecule has 0 aliphatic carbocycles. The summed E-state index contributed by atoms with van der Waals surface area (Å²) in [5.41, 5.74) is 1.52. The van der Waals surface area contributed by atoms with Crippen molar-refractivity contribution in [2.75, 3.05) is 27.3 Å². The highest BCUT2D eigenvalue weighted by Crippen LogP contribution is 1.91. The van der Waals surface area contributed by atoms with Crippen LogP contribution in [0.2, 0.25) is 0 Å². The molecule has 108 valence electrons. The van der Waals surface area contributed by atoms with Crippen molar-refractivity contribution in [2.45, 2.75) is 20.3 Å². The third-order valence-electron chi connectivity index (χ3n) is 2.23. The second kappa shape index (κ2) is 9.99. The molecular formula is C13H22N2O4. The fourth-order valence-electron chi connectivity index (χ4n) is 1.23. The van der Waals surface area contributed by atoms with Gasteiger partial charge in [-0.1, -0.05) is 0 Å². The first-order valence-corrected chi connectivity index (χ1v) is 5.99. The van der Waals surface area contributed by atoms with E-state index in [4.69, 9.17) is 0 Å². The molecule has 6 heteroatoms. The van der Waals surface area contributed by atoms with Gasteiger partial charge in [-0.15, -0.1) is 0 Å². The van der Waals surface area contributed by atoms with Crippen LogP contribution in [0.25, 0.3) is 0 Å². The maximum absolute atomic E-state index is 10.9. The molecule has 0 bridgehead atoms. The Kier molecular flexibility index (Phi) is 8.95. The Labute approximate surface area is 113 Å². The van der Waals surface area contributed by atoms with Crippen LogP contribution >= 0.6 is 0 Å². The molecule has 0 rings (SSSR count). The largest absolute Gasteiger partial charge is 0.466 e. The first kappa shape index (κ1) is 17.0. The van der Waals surface area contributed by atoms with Crippen molar-refractivity contribution in [3.63, 3.8) is 0 Å². The van der Waals surface area contributed by atoms with Crippen LogP contribution in [-0.2, 0) is 19.1 Å². The summed E-state index contributed by atoms with van der Waals surface area (Å²) in [6.45, 7) is 5.04. The molecule has 0 heterocycles. The van der Waals surface area contributed by atoms with E-state index in [1.807, 2.05) is 0 Å². The van der Waals surface area contributed by atoms with E-state index in [2.05, 4.69) is 20.1 Å². The lowest BCUT2D eigenvalue weighted by Gasteiger charge is -2.08. The molecule has 0 radical (unpaired) electrons. The summed E-state index contributed by atoms with van der Waals surface area (Å²) in [5, 5.41) is 6.17. The molecule has 0 saturated heterocycles. The van der Waals surface area contributed by atoms with Gasteiger partial charge in [0.15, 0.2) is 0 Å². The van der Waals surface area contributed by atoms with Crippen molar-refractivity contribution in [1.29, 1.82) is 0 Å². The monoisotopic (exact) mass is 270 g/mol. The van der Waals surface area contributed by atoms with E-state index in [0.717, 1.165) is 30.9 Å². The SMILES string of the molecule is COC(=O)/C=C(\C)NCCCN/C(C)=C/C(=O)OC. The van der Waals surface area contributed by atoms with Crippen molar-refractivity contribution < 1.29 is 19.1 Å². The molecule has 0 unspecified atom stereocenters. The predicted molar refractivity (Wildman–Crippen MR) is 72.2 cm³/mol. The van der Waals surface area contributed by atoms with Gasteiger partial charge in [-0.2, -0.15) is 0 Å². The van der Waals surface area contributed by atoms with Crippen LogP contribution in [0.3, 0.4) is 0 Å². The minimum absolute atomic E-state index is 0.375. The summed E-state index contributed by atoms with van der Waals surface area (Å²) in [7, 11) is 2.68. The number of carbonyl (C=O) groups is 2. The number of hydrogen-bond acceptors (Lipinski definition) is 6. The second-order valence-corrected chi connectivity index (χ2v) is 3.91. The molecule has 0 aromatic carbocycles. The molecule has 2 N–H and O–H groups in total. The van der Waals surface area contributed by atoms with E-state index in [9.17, 15) is 9.59 Å². The number of rotatable bonds is 8. The zero-order chi connectivity index (χ0) is 14.7. The molecule has 0 atom stereocenters. The summed E-state index contributed by atoms with van der Waals surface area (Å²) < 4.78 is 9.02. The molecule has 6 nitrogen and oxygen atoms in total. The first-order valence-electron chi connectivity index (χ1n) is 5.99. The van der Waals surface area contributed by atoms with Crippen LogP contribution in [0.4, 0.5) is 0 Å². The number of esters is 2. The summed E-state index contributed by atoms with van der Waals surface area (Å²) in [4.78, 5) is 21.9. The van der Waals surface area contributed by atoms with Crippen LogP contribution in [0.15, 0.2) is 23.5 Å². The van der Waals surface area contributed by atoms with Gasteiger partial charge in [0.1, 0.15) is 0 Å². The molecule has 0 aromatic rings. The van der Waals surface area contributed by atoms with Gasteiger partial charge in [0.05, 0.1) is 14.2 Å². The fraction of sp³-hybridized carbons (Fsp3) is 0.538. The van der Waals surface area contributed by atoms with Crippen LogP contribution in [0.5, 0.6) is 0 Å². The predicted octanol–water partition coefficient (Wildman–Crippen LogP) is 0.709. The highest BCUT2D eigenvalue weighted by Gasteiger charge is 1.97. The minimum Gasteiger partial charge on any atom is -0.466 e. The van der Waals surface area contributed by atoms with Gasteiger partial charge < -0.3 is 20.1 Å². The molecule has 0 aromatic heterocycles. The number of nitrogens with one attached hydrogen (secondary N) is 2. The summed E-state index contributed by atoms with van der Waals surface area (Å²) in [6, 6.07) is 0. The van der Waals surface area contributed by atoms with Gasteiger partial charge in [-0.3, -0.25) is 0 Å². The van der Waals surface area contributed by atoms with E-state index in [1.165, 1.54) is 26.4 Å². The molecular weight excluding hydrogens is 248 g/mol. The second-order valence-electron chi connectivity index (χ2n) is 3.91. The average molecular weight is 270 g/mol. The van der Waals surface area contributed by atoms with Crippen molar-refractivity contribution in [2.24, 2.45) is 0 Å². The highest BCUT2D eigenvalue weighted by molar-refractivity contribution is 5.82. The zero-order valence-corrected chi connectivity index (χ0v) is 11.9. The summed E-state index contributed by atoms with van der Waals surface area (Å²) in [6.07, 6.45) is 3.64. The summed E-state index contributed by atoms with van der Waals surface area (Å²) >= 11 is 0. The zero-order valence-electron chi connectivity index (χ0n) is 11.9. The van der Waals surface area contributed by atoms with Crippen molar-refractivity contribution in [3.05, 3.63) is 23.5 Å². The first-order chi connectivity index (χ1) is 8.99. The Bertz CT molecular complexity index is 328. The maximum Gasteiger partial charge on any atom is 0.332 e. The Morgan fingerprint density at radius 2 is 1.26 bits per heavy atom. The van der Waals surface area contributed by atoms with Crippen LogP contribution in [0, 0.1) is 0 Å². The standard InChI is InChI=1S/C13H22N2O4/c1-10(8-12(16)18-3)14-6-5-7-15-11(2)9-13(17)19-4/h8-9,14-15H,5-7H2,1-4H3/b10-8+,11-9+. The van der Waals surface area contributed by atoms with E-state index in [0.29, 0.717) is 0 Å². The fourth-order valence-corrected chi connectivity index (χ4v) is 1.23. The Morgan fingerprint density at radius 3 is 1.58 bits per heavy atom. The topological polar surface area (TPSA) is 76.7 Å². The number of carbonyl (C=O) groups excluding carboxylic acids is 2. The lowest BCUT2D eigenvalue weighted by atomic mass is 10.3. The van der Waals surface area contributed by atoms with Crippen LogP contribution in [-0.4, -0.2) is 39.2 Å². The molecule has 0 aliphatic rings. The van der Waals surface area contributed by atoms with Crippen molar-refractivity contribution >= 4 is 11.9 Å². The van der Waals surface area contributed by atoms with E-state index >= 15 is 0 Å². The smallest absolute Gasteiger partial charge is 0.332 e. The number of ether oxygens (including phenoxy) is 2. The van der Waals surface area contributed by atoms with Gasteiger partial charge in [-0.25, -0.2) is 9.59 Å². The third-order valence-corrected chi connectivity index (χ3v) is 2.23. The molecule has 0 saturated carbocycles. The lowest BCUT2D eigenvalue weighted by molar-refractivity contribution is -0.135. The van der Waals surface area contributed by atoms with Gasteiger partial charge in [0.25, 0.3) is 0 Å². The Balaban J connectivity index is 3.76. The normalized spacial score (nSPS) is 11.8. The van der Waals surface area contributed by atoms with E-state index in [-0.39, 0.29) is 11.9 Å². The highest BCUT2D eigenvalue weighted by atomic mass is 16.5. The molecule has 0 amide bonds. The van der Waals surface area contributed by atoms with Gasteiger partial charge >= 0.3 is 11.9 Å². The molecule has 0 fully saturated rings. The number of allylic oxidation sites excluding steroid dienone is 2.